The molecule has 0 rings (SSSR count). The highest BCUT2D eigenvalue weighted by Crippen LogP contribution is 2.10. The summed E-state index contributed by atoms with van der Waals surface area (Å²) in [4.78, 5) is 0. The van der Waals surface area contributed by atoms with Gasteiger partial charge >= 0.3 is 15.4 Å². The van der Waals surface area contributed by atoms with Crippen LogP contribution in [0, 0.1) is 0 Å². The van der Waals surface area contributed by atoms with E-state index in [0.29, 0.717) is 0 Å². The Balaban J connectivity index is 3.74. The second-order valence-corrected chi connectivity index (χ2v) is 3.35. The second kappa shape index (κ2) is 4.52. The molecule has 0 amide bonds. The van der Waals surface area contributed by atoms with E-state index in [1.54, 1.807) is 0 Å². The normalized spacial score (nSPS) is 9.80. The van der Waals surface area contributed by atoms with Crippen LogP contribution in [0.4, 0.5) is 0 Å². The average Bonchev–Trinajstić information content (AvgIpc) is 1.58. The predicted octanol–water partition coefficient (Wildman–Crippen LogP) is 0.938. The van der Waals surface area contributed by atoms with Crippen molar-refractivity contribution in [1.29, 1.82) is 0 Å². The lowest BCUT2D eigenvalue weighted by Crippen LogP contribution is -2.15. The van der Waals surface area contributed by atoms with Crippen molar-refractivity contribution >= 4 is 15.4 Å². The minimum Gasteiger partial charge on any atom is -0.312 e. The number of hydrogen-bond acceptors (Lipinski definition) is 6. The maximum absolute atomic E-state index is 9.83. The van der Waals surface area contributed by atoms with Crippen LogP contribution in [0.5, 0.6) is 0 Å². The zero-order valence-electron chi connectivity index (χ0n) is 4.84. The number of hydroxylamine groups is 2. The summed E-state index contributed by atoms with van der Waals surface area (Å²) < 4.78 is 39.3. The molecule has 8 heteroatoms. The number of rotatable bonds is 4. The van der Waals surface area contributed by atoms with E-state index in [2.05, 4.69) is 0 Å². The Morgan fingerprint density at radius 2 is 1.30 bits per heavy atom. The van der Waals surface area contributed by atoms with Crippen LogP contribution >= 0.6 is 15.4 Å². The zero-order valence-corrected chi connectivity index (χ0v) is 6.62. The van der Waals surface area contributed by atoms with Gasteiger partial charge in [-0.05, 0) is 0 Å². The molecule has 0 aromatic heterocycles. The molecule has 0 aromatic carbocycles. The average molecular weight is 185 g/mol. The summed E-state index contributed by atoms with van der Waals surface area (Å²) in [7, 11) is -5.52. The Kier molecular flexibility index (Phi) is 4.40. The van der Waals surface area contributed by atoms with Crippen molar-refractivity contribution in [3.63, 3.8) is 0 Å². The Morgan fingerprint density at radius 1 is 1.00 bits per heavy atom. The van der Waals surface area contributed by atoms with Crippen molar-refractivity contribution in [3.8, 4) is 0 Å². The largest absolute Gasteiger partial charge is 0.332 e. The molecule has 0 aliphatic rings. The first-order valence-corrected chi connectivity index (χ1v) is 4.92. The molecule has 0 heterocycles. The van der Waals surface area contributed by atoms with Gasteiger partial charge in [0, 0.05) is 0 Å². The monoisotopic (exact) mass is 185 g/mol. The lowest BCUT2D eigenvalue weighted by molar-refractivity contribution is -0.0557. The smallest absolute Gasteiger partial charge is 0.312 e. The second-order valence-electron chi connectivity index (χ2n) is 1.45. The van der Waals surface area contributed by atoms with Crippen LogP contribution in [0.25, 0.3) is 0 Å². The van der Waals surface area contributed by atoms with Crippen LogP contribution in [0.3, 0.4) is 0 Å². The minimum atomic E-state index is -2.76. The van der Waals surface area contributed by atoms with Gasteiger partial charge < -0.3 is 5.21 Å². The van der Waals surface area contributed by atoms with Crippen LogP contribution in [0.2, 0.25) is 0 Å². The Bertz CT molecular complexity index is 190. The van der Waals surface area contributed by atoms with E-state index in [1.807, 2.05) is 0 Å². The van der Waals surface area contributed by atoms with Crippen molar-refractivity contribution in [2.45, 2.75) is 0 Å². The van der Waals surface area contributed by atoms with E-state index in [9.17, 15) is 18.3 Å². The minimum absolute atomic E-state index is 0.206. The van der Waals surface area contributed by atoms with Gasteiger partial charge in [0.2, 0.25) is 0 Å². The molecule has 0 radical (unpaired) electrons. The van der Waals surface area contributed by atoms with E-state index in [4.69, 9.17) is 5.21 Å². The fourth-order valence-electron chi connectivity index (χ4n) is 0.311. The molecule has 0 unspecified atom stereocenters. The van der Waals surface area contributed by atoms with Gasteiger partial charge in [-0.3, -0.25) is 0 Å². The van der Waals surface area contributed by atoms with Crippen molar-refractivity contribution in [1.82, 2.24) is 5.06 Å². The van der Waals surface area contributed by atoms with Crippen molar-refractivity contribution in [2.24, 2.45) is 0 Å². The first kappa shape index (κ1) is 9.72. The molecule has 0 spiro atoms. The Morgan fingerprint density at radius 3 is 1.50 bits per heavy atom. The Hall–Kier alpha value is -0.280. The molecule has 0 saturated carbocycles. The maximum Gasteiger partial charge on any atom is 0.332 e. The molecule has 10 heavy (non-hydrogen) atoms. The molecule has 0 bridgehead atoms. The molecule has 1 N–H and O–H groups in total. The highest BCUT2D eigenvalue weighted by atomic mass is 31.1. The quantitative estimate of drug-likeness (QED) is 0.517. The van der Waals surface area contributed by atoms with E-state index < -0.39 is 27.9 Å². The van der Waals surface area contributed by atoms with Gasteiger partial charge in [-0.15, -0.1) is 0 Å². The summed E-state index contributed by atoms with van der Waals surface area (Å²) in [6.07, 6.45) is -1.31. The van der Waals surface area contributed by atoms with Gasteiger partial charge in [-0.1, -0.05) is 0 Å². The highest BCUT2D eigenvalue weighted by molar-refractivity contribution is 7.31. The first-order chi connectivity index (χ1) is 4.52. The van der Waals surface area contributed by atoms with Gasteiger partial charge in [0.25, 0.3) is 0 Å². The summed E-state index contributed by atoms with van der Waals surface area (Å²) >= 11 is 0. The lowest BCUT2D eigenvalue weighted by atomic mass is 11.2. The Labute approximate surface area is 57.4 Å². The fraction of sp³-hybridized carbons (Fsp3) is 1.00. The van der Waals surface area contributed by atoms with Crippen molar-refractivity contribution in [2.75, 3.05) is 12.6 Å². The first-order valence-electron chi connectivity index (χ1n) is 2.20. The highest BCUT2D eigenvalue weighted by Gasteiger charge is 2.05. The predicted molar refractivity (Wildman–Crippen MR) is 29.9 cm³/mol. The van der Waals surface area contributed by atoms with Gasteiger partial charge in [0.15, 0.2) is 0 Å². The molecule has 0 fully saturated rings. The standard InChI is InChI=1S/C2H5NO5P2/c4-3(1-9(5)6)2-10(7)8/h4H,1-2H2. The van der Waals surface area contributed by atoms with E-state index >= 15 is 0 Å². The van der Waals surface area contributed by atoms with E-state index in [-0.39, 0.29) is 5.06 Å². The van der Waals surface area contributed by atoms with Crippen LogP contribution in [-0.2, 0) is 18.3 Å². The van der Waals surface area contributed by atoms with Crippen LogP contribution in [0.1, 0.15) is 0 Å². The summed E-state index contributed by atoms with van der Waals surface area (Å²) in [5, 5.41) is 8.66. The van der Waals surface area contributed by atoms with Crippen molar-refractivity contribution in [3.05, 3.63) is 0 Å². The summed E-state index contributed by atoms with van der Waals surface area (Å²) in [5.74, 6) is 0. The molecular formula is C2H5NO5P2. The van der Waals surface area contributed by atoms with E-state index in [0.717, 1.165) is 0 Å². The molecule has 6 nitrogen and oxygen atoms in total. The summed E-state index contributed by atoms with van der Waals surface area (Å²) in [6, 6.07) is 0. The molecule has 0 atom stereocenters. The van der Waals surface area contributed by atoms with Gasteiger partial charge in [0.1, 0.15) is 12.6 Å². The number of hydrogen-bond donors (Lipinski definition) is 1. The van der Waals surface area contributed by atoms with Crippen LogP contribution in [-0.4, -0.2) is 22.8 Å². The SMILES string of the molecule is O=P(=O)CN(O)CP(=O)=O. The summed E-state index contributed by atoms with van der Waals surface area (Å²) in [6.45, 7) is 0. The van der Waals surface area contributed by atoms with Gasteiger partial charge in [-0.2, -0.15) is 5.06 Å². The molecule has 0 aliphatic heterocycles. The topological polar surface area (TPSA) is 91.8 Å². The van der Waals surface area contributed by atoms with Crippen LogP contribution < -0.4 is 0 Å². The molecule has 0 saturated heterocycles. The zero-order chi connectivity index (χ0) is 8.15. The van der Waals surface area contributed by atoms with Gasteiger partial charge in [-0.25, -0.2) is 18.3 Å². The lowest BCUT2D eigenvalue weighted by Gasteiger charge is -2.01. The van der Waals surface area contributed by atoms with E-state index in [1.165, 1.54) is 0 Å². The third-order valence-electron chi connectivity index (χ3n) is 0.557. The van der Waals surface area contributed by atoms with Gasteiger partial charge in [0.05, 0.1) is 0 Å². The third-order valence-corrected chi connectivity index (χ3v) is 1.67. The summed E-state index contributed by atoms with van der Waals surface area (Å²) in [5.41, 5.74) is 0. The fourth-order valence-corrected chi connectivity index (χ4v) is 1.20. The third kappa shape index (κ3) is 5.85. The molecular weight excluding hydrogens is 180 g/mol. The number of nitrogens with zero attached hydrogens (tertiary/aromatic N) is 1. The molecule has 58 valence electrons. The van der Waals surface area contributed by atoms with Crippen molar-refractivity contribution < 1.29 is 23.5 Å². The van der Waals surface area contributed by atoms with Crippen LogP contribution in [0.15, 0.2) is 0 Å². The maximum atomic E-state index is 9.83. The molecule has 0 aliphatic carbocycles. The molecule has 0 aromatic rings.